The van der Waals surface area contributed by atoms with Crippen molar-refractivity contribution in [3.05, 3.63) is 190 Å². The minimum atomic E-state index is -1.17. The van der Waals surface area contributed by atoms with Gasteiger partial charge in [0.25, 0.3) is 0 Å². The summed E-state index contributed by atoms with van der Waals surface area (Å²) in [5, 5.41) is 30.4. The van der Waals surface area contributed by atoms with E-state index in [-0.39, 0.29) is 61.3 Å². The van der Waals surface area contributed by atoms with Gasteiger partial charge in [-0.05, 0) is 174 Å². The van der Waals surface area contributed by atoms with Gasteiger partial charge in [-0.3, -0.25) is 17.6 Å². The molecule has 4 N–H and O–H groups in total. The Hall–Kier alpha value is -4.78. The number of aliphatic imine (C=N–C) groups is 3. The third-order valence-electron chi connectivity index (χ3n) is 14.1. The van der Waals surface area contributed by atoms with Crippen molar-refractivity contribution in [2.75, 3.05) is 33.0 Å². The van der Waals surface area contributed by atoms with Gasteiger partial charge in [-0.25, -0.2) is 0 Å². The van der Waals surface area contributed by atoms with E-state index >= 15 is 0 Å². The molecule has 0 amide bonds. The average molecular weight is 1620 g/mol. The summed E-state index contributed by atoms with van der Waals surface area (Å²) < 4.78 is 17.0. The van der Waals surface area contributed by atoms with E-state index in [4.69, 9.17) is 44.2 Å². The summed E-state index contributed by atoms with van der Waals surface area (Å²) in [5.41, 5.74) is 13.0. The summed E-state index contributed by atoms with van der Waals surface area (Å²) in [7, 11) is 0. The molecule has 0 spiro atoms. The molecule has 6 rings (SSSR count). The van der Waals surface area contributed by atoms with Gasteiger partial charge < -0.3 is 54.2 Å². The standard InChI is InChI=1S/C25H35NO.2C25H34NO.2C2H6O2.2C2H3O.3Pd/c2*1-3-5-9-22-15-17-25(18-16-22)26-21-24-13-11-23(12-14-24)10-7-8-20-27-19-6-4-2;1-3-5-7-8-9-10-20-27-25-18-14-23(15-19-25)21-26-24-16-12-22(13-17-24)11-6-4-2;2*1-2(3)4;2*1-2-3;;;/h11-18,21H,3-10,19-20H2,1-2H3;11-13,15-18,21H,3-10,19-20H2,1-2H3;12-14,16-19,21H,3-11,20H2,1-2H3;2*2-4H,1H3;2*1H3;;;/q;2*-1;;;2*-1;;;+2. The van der Waals surface area contributed by atoms with Gasteiger partial charge in [0.1, 0.15) is 12.6 Å². The second kappa shape index (κ2) is 73.4. The van der Waals surface area contributed by atoms with E-state index in [0.717, 1.165) is 130 Å². The third kappa shape index (κ3) is 62.2. The molecule has 0 radical (unpaired) electrons. The van der Waals surface area contributed by atoms with Crippen molar-refractivity contribution in [2.45, 2.75) is 242 Å². The predicted octanol–water partition coefficient (Wildman–Crippen LogP) is 19.8. The molecule has 0 saturated carbocycles. The zero-order valence-electron chi connectivity index (χ0n) is 60.9. The van der Waals surface area contributed by atoms with E-state index in [9.17, 15) is 0 Å². The van der Waals surface area contributed by atoms with Crippen LogP contribution in [-0.4, -0.2) is 97.3 Å². The topological polar surface area (TPSA) is 180 Å². The van der Waals surface area contributed by atoms with Gasteiger partial charge in [0.05, 0.1) is 23.7 Å². The first-order valence-corrected chi connectivity index (χ1v) is 35.3. The van der Waals surface area contributed by atoms with Crippen molar-refractivity contribution in [3.63, 3.8) is 0 Å². The van der Waals surface area contributed by atoms with E-state index < -0.39 is 12.6 Å². The van der Waals surface area contributed by atoms with Crippen LogP contribution in [0.25, 0.3) is 0 Å². The number of aliphatic hydroxyl groups excluding tert-OH is 2. The van der Waals surface area contributed by atoms with E-state index in [2.05, 4.69) is 184 Å². The molecule has 0 unspecified atom stereocenters. The Morgan fingerprint density at radius 3 is 1.03 bits per heavy atom. The minimum Gasteiger partial charge on any atom is -0.542 e. The van der Waals surface area contributed by atoms with Gasteiger partial charge in [0, 0.05) is 79.2 Å². The molecule has 98 heavy (non-hydrogen) atoms. The molecule has 0 bridgehead atoms. The van der Waals surface area contributed by atoms with Crippen LogP contribution in [0.1, 0.15) is 242 Å². The summed E-state index contributed by atoms with van der Waals surface area (Å²) in [6, 6.07) is 53.3. The Morgan fingerprint density at radius 2 is 0.673 bits per heavy atom. The predicted molar refractivity (Wildman–Crippen MR) is 401 cm³/mol. The maximum absolute atomic E-state index is 8.68. The number of hydrogen-bond donors (Lipinski definition) is 4. The number of ether oxygens (including phenoxy) is 3. The first-order valence-electron chi connectivity index (χ1n) is 35.3. The molecule has 15 heteroatoms. The quantitative estimate of drug-likeness (QED) is 0.00960. The fraction of sp³-hybridized carbons (Fsp3) is 0.506. The molecule has 0 heterocycles. The molecule has 0 saturated heterocycles. The molecule has 554 valence electrons. The van der Waals surface area contributed by atoms with Crippen LogP contribution in [0.15, 0.2) is 148 Å². The molecular formula is C83H121N3O9Pd3-2. The first kappa shape index (κ1) is 99.6. The van der Waals surface area contributed by atoms with Gasteiger partial charge in [-0.1, -0.05) is 179 Å². The zero-order valence-corrected chi connectivity index (χ0v) is 65.6. The maximum Gasteiger partial charge on any atom is 2.00 e. The largest absolute Gasteiger partial charge is 2.00 e. The first-order chi connectivity index (χ1) is 46.2. The van der Waals surface area contributed by atoms with Crippen molar-refractivity contribution < 1.29 is 105 Å². The van der Waals surface area contributed by atoms with Crippen molar-refractivity contribution >= 4 is 48.3 Å². The summed E-state index contributed by atoms with van der Waals surface area (Å²) in [4.78, 5) is 31.1. The average Bonchev–Trinajstić information content (AvgIpc) is 1.09. The second-order valence-corrected chi connectivity index (χ2v) is 23.1. The zero-order chi connectivity index (χ0) is 70.0. The van der Waals surface area contributed by atoms with Gasteiger partial charge in [-0.15, -0.1) is 65.2 Å². The van der Waals surface area contributed by atoms with Crippen LogP contribution >= 0.6 is 0 Å². The van der Waals surface area contributed by atoms with Gasteiger partial charge in [0.2, 0.25) is 0 Å². The molecule has 0 atom stereocenters. The van der Waals surface area contributed by atoms with Crippen LogP contribution in [0.4, 0.5) is 17.1 Å². The fourth-order valence-corrected chi connectivity index (χ4v) is 8.73. The van der Waals surface area contributed by atoms with Crippen molar-refractivity contribution in [1.82, 2.24) is 0 Å². The Balaban J connectivity index is -0.000000606. The molecular weight excluding hydrogens is 1500 g/mol. The third-order valence-corrected chi connectivity index (χ3v) is 14.1. The monoisotopic (exact) mass is 1620 g/mol. The minimum absolute atomic E-state index is 0. The van der Waals surface area contributed by atoms with E-state index in [1.54, 1.807) is 0 Å². The Kier molecular flexibility index (Phi) is 74.6. The fourth-order valence-electron chi connectivity index (χ4n) is 8.73. The van der Waals surface area contributed by atoms with Crippen molar-refractivity contribution in [1.29, 1.82) is 0 Å². The maximum atomic E-state index is 8.68. The SMILES string of the molecule is CC(O)O.CC(O)O.CCCCCCCCOc1c[c-]c(C=Nc2ccc(CCCC)cc2)cc1.CCCCOCCCCc1c[c-]c(C=Nc2ccc(CCCC)cc2)cc1.CCCCOCCCCc1ccc(C=Nc2ccc(CCCC)cc2)cc1.C[C-]=O.C[C-]=O.[Pd+2].[Pd].[Pd]. The second-order valence-electron chi connectivity index (χ2n) is 23.1. The molecule has 0 aliphatic heterocycles. The molecule has 0 fully saturated rings. The van der Waals surface area contributed by atoms with Gasteiger partial charge >= 0.3 is 20.4 Å². The molecule has 0 aliphatic carbocycles. The van der Waals surface area contributed by atoms with Crippen LogP contribution in [0.5, 0.6) is 5.75 Å². The molecule has 0 aromatic heterocycles. The number of aliphatic hydroxyl groups is 4. The normalized spacial score (nSPS) is 10.3. The summed E-state index contributed by atoms with van der Waals surface area (Å²) in [6.45, 7) is 22.9. The van der Waals surface area contributed by atoms with Gasteiger partial charge in [-0.2, -0.15) is 13.8 Å². The smallest absolute Gasteiger partial charge is 0.542 e. The summed E-state index contributed by atoms with van der Waals surface area (Å²) in [5.74, 6) is 0.890. The molecule has 6 aromatic carbocycles. The number of benzene rings is 6. The number of carbonyl (C=O) groups excluding carboxylic acids is 2. The van der Waals surface area contributed by atoms with Crippen LogP contribution in [0.3, 0.4) is 0 Å². The van der Waals surface area contributed by atoms with Crippen LogP contribution in [0.2, 0.25) is 0 Å². The van der Waals surface area contributed by atoms with Crippen LogP contribution in [-0.2, 0) is 112 Å². The van der Waals surface area contributed by atoms with Gasteiger partial charge in [0.15, 0.2) is 0 Å². The molecule has 12 nitrogen and oxygen atoms in total. The number of rotatable bonds is 39. The van der Waals surface area contributed by atoms with Crippen molar-refractivity contribution in [2.24, 2.45) is 15.0 Å². The Bertz CT molecular complexity index is 2450. The molecule has 6 aromatic rings. The van der Waals surface area contributed by atoms with Crippen LogP contribution < -0.4 is 4.74 Å². The van der Waals surface area contributed by atoms with E-state index in [1.807, 2.05) is 36.8 Å². The summed E-state index contributed by atoms with van der Waals surface area (Å²) >= 11 is 0. The summed E-state index contributed by atoms with van der Waals surface area (Å²) in [6.07, 6.45) is 36.5. The number of nitrogens with zero attached hydrogens (tertiary/aromatic N) is 3. The van der Waals surface area contributed by atoms with Crippen molar-refractivity contribution in [3.8, 4) is 5.75 Å². The van der Waals surface area contributed by atoms with E-state index in [1.165, 1.54) is 171 Å². The number of hydrogen-bond acceptors (Lipinski definition) is 12. The number of unbranched alkanes of at least 4 members (excludes halogenated alkanes) is 12. The number of aryl methyl sites for hydroxylation is 5. The van der Waals surface area contributed by atoms with Crippen LogP contribution in [0, 0.1) is 12.1 Å². The molecule has 0 aliphatic rings. The Labute approximate surface area is 635 Å². The Morgan fingerprint density at radius 1 is 0.378 bits per heavy atom. The van der Waals surface area contributed by atoms with E-state index in [0.29, 0.717) is 0 Å².